The van der Waals surface area contributed by atoms with Gasteiger partial charge >= 0.3 is 0 Å². The van der Waals surface area contributed by atoms with Gasteiger partial charge in [0, 0.05) is 29.5 Å². The zero-order chi connectivity index (χ0) is 12.5. The highest BCUT2D eigenvalue weighted by Gasteiger charge is 2.22. The number of hydrogen-bond donors (Lipinski definition) is 2. The van der Waals surface area contributed by atoms with Gasteiger partial charge in [-0.2, -0.15) is 0 Å². The molecular formula is C15H17ClN2. The first kappa shape index (κ1) is 12.0. The molecule has 1 aliphatic heterocycles. The van der Waals surface area contributed by atoms with Crippen LogP contribution in [0.5, 0.6) is 0 Å². The number of nitrogens with two attached hydrogens (primary N) is 1. The van der Waals surface area contributed by atoms with Gasteiger partial charge in [-0.05, 0) is 29.4 Å². The molecule has 3 rings (SSSR count). The minimum Gasteiger partial charge on any atom is -0.327 e. The Labute approximate surface area is 112 Å². The van der Waals surface area contributed by atoms with E-state index < -0.39 is 0 Å². The van der Waals surface area contributed by atoms with Crippen molar-refractivity contribution in [3.05, 3.63) is 47.0 Å². The number of benzene rings is 2. The van der Waals surface area contributed by atoms with E-state index in [1.165, 1.54) is 10.9 Å². The highest BCUT2D eigenvalue weighted by Crippen LogP contribution is 2.33. The van der Waals surface area contributed by atoms with Crippen molar-refractivity contribution >= 4 is 22.4 Å². The lowest BCUT2D eigenvalue weighted by molar-refractivity contribution is 0.413. The first-order chi connectivity index (χ1) is 8.75. The van der Waals surface area contributed by atoms with Crippen molar-refractivity contribution in [3.8, 4) is 0 Å². The quantitative estimate of drug-likeness (QED) is 0.828. The SMILES string of the molecule is NC1CNCC(c2ccc(Cl)c3ccccc23)C1. The van der Waals surface area contributed by atoms with Crippen LogP contribution >= 0.6 is 11.6 Å². The van der Waals surface area contributed by atoms with Gasteiger partial charge in [0.1, 0.15) is 0 Å². The molecule has 1 aliphatic rings. The van der Waals surface area contributed by atoms with E-state index in [2.05, 4.69) is 29.6 Å². The predicted molar refractivity (Wildman–Crippen MR) is 77.2 cm³/mol. The van der Waals surface area contributed by atoms with Gasteiger partial charge in [0.2, 0.25) is 0 Å². The van der Waals surface area contributed by atoms with Crippen LogP contribution in [0, 0.1) is 0 Å². The van der Waals surface area contributed by atoms with Crippen LogP contribution in [0.2, 0.25) is 5.02 Å². The minimum atomic E-state index is 0.248. The van der Waals surface area contributed by atoms with Crippen molar-refractivity contribution in [2.24, 2.45) is 5.73 Å². The van der Waals surface area contributed by atoms with Gasteiger partial charge < -0.3 is 11.1 Å². The molecular weight excluding hydrogens is 244 g/mol. The smallest absolute Gasteiger partial charge is 0.0484 e. The monoisotopic (exact) mass is 260 g/mol. The van der Waals surface area contributed by atoms with E-state index in [1.54, 1.807) is 0 Å². The second-order valence-corrected chi connectivity index (χ2v) is 5.44. The van der Waals surface area contributed by atoms with Crippen molar-refractivity contribution in [2.75, 3.05) is 13.1 Å². The molecule has 94 valence electrons. The average Bonchev–Trinajstić information content (AvgIpc) is 2.39. The lowest BCUT2D eigenvalue weighted by Crippen LogP contribution is -2.43. The van der Waals surface area contributed by atoms with E-state index in [1.807, 2.05) is 12.1 Å². The molecule has 18 heavy (non-hydrogen) atoms. The summed E-state index contributed by atoms with van der Waals surface area (Å²) in [6, 6.07) is 12.7. The molecule has 2 aromatic carbocycles. The van der Waals surface area contributed by atoms with Crippen LogP contribution in [0.4, 0.5) is 0 Å². The molecule has 1 fully saturated rings. The molecule has 3 heteroatoms. The molecule has 2 unspecified atom stereocenters. The molecule has 2 aromatic rings. The van der Waals surface area contributed by atoms with Crippen LogP contribution in [0.1, 0.15) is 17.9 Å². The fourth-order valence-electron chi connectivity index (χ4n) is 2.85. The highest BCUT2D eigenvalue weighted by atomic mass is 35.5. The van der Waals surface area contributed by atoms with Crippen LogP contribution in [0.15, 0.2) is 36.4 Å². The summed E-state index contributed by atoms with van der Waals surface area (Å²) in [4.78, 5) is 0. The summed E-state index contributed by atoms with van der Waals surface area (Å²) in [6.07, 6.45) is 1.04. The first-order valence-corrected chi connectivity index (χ1v) is 6.77. The van der Waals surface area contributed by atoms with Crippen LogP contribution in [-0.2, 0) is 0 Å². The third-order valence-electron chi connectivity index (χ3n) is 3.73. The Hall–Kier alpha value is -1.09. The third kappa shape index (κ3) is 2.12. The van der Waals surface area contributed by atoms with Crippen molar-refractivity contribution < 1.29 is 0 Å². The molecule has 0 amide bonds. The van der Waals surface area contributed by atoms with Crippen molar-refractivity contribution in [2.45, 2.75) is 18.4 Å². The molecule has 0 saturated carbocycles. The van der Waals surface area contributed by atoms with Gasteiger partial charge in [0.15, 0.2) is 0 Å². The maximum Gasteiger partial charge on any atom is 0.0484 e. The lowest BCUT2D eigenvalue weighted by Gasteiger charge is -2.28. The van der Waals surface area contributed by atoms with E-state index in [-0.39, 0.29) is 6.04 Å². The number of piperidine rings is 1. The van der Waals surface area contributed by atoms with Crippen molar-refractivity contribution in [1.82, 2.24) is 5.32 Å². The van der Waals surface area contributed by atoms with Gasteiger partial charge in [-0.3, -0.25) is 0 Å². The summed E-state index contributed by atoms with van der Waals surface area (Å²) >= 11 is 6.26. The van der Waals surface area contributed by atoms with Crippen LogP contribution in [-0.4, -0.2) is 19.1 Å². The molecule has 0 aromatic heterocycles. The minimum absolute atomic E-state index is 0.248. The van der Waals surface area contributed by atoms with Crippen LogP contribution in [0.25, 0.3) is 10.8 Å². The number of nitrogens with one attached hydrogen (secondary N) is 1. The second kappa shape index (κ2) is 4.88. The topological polar surface area (TPSA) is 38.0 Å². The summed E-state index contributed by atoms with van der Waals surface area (Å²) in [6.45, 7) is 1.92. The number of hydrogen-bond acceptors (Lipinski definition) is 2. The first-order valence-electron chi connectivity index (χ1n) is 6.39. The largest absolute Gasteiger partial charge is 0.327 e. The van der Waals surface area contributed by atoms with Gasteiger partial charge in [-0.25, -0.2) is 0 Å². The van der Waals surface area contributed by atoms with Gasteiger partial charge in [0.05, 0.1) is 0 Å². The van der Waals surface area contributed by atoms with Crippen molar-refractivity contribution in [3.63, 3.8) is 0 Å². The number of rotatable bonds is 1. The van der Waals surface area contributed by atoms with Crippen LogP contribution in [0.3, 0.4) is 0 Å². The predicted octanol–water partition coefficient (Wildman–Crippen LogP) is 2.90. The number of fused-ring (bicyclic) bond motifs is 1. The van der Waals surface area contributed by atoms with Gasteiger partial charge in [-0.15, -0.1) is 0 Å². The molecule has 2 nitrogen and oxygen atoms in total. The van der Waals surface area contributed by atoms with E-state index >= 15 is 0 Å². The Bertz CT molecular complexity index is 567. The zero-order valence-electron chi connectivity index (χ0n) is 10.2. The Morgan fingerprint density at radius 3 is 2.61 bits per heavy atom. The van der Waals surface area contributed by atoms with E-state index in [0.29, 0.717) is 5.92 Å². The molecule has 0 aliphatic carbocycles. The highest BCUT2D eigenvalue weighted by molar-refractivity contribution is 6.35. The fraction of sp³-hybridized carbons (Fsp3) is 0.333. The van der Waals surface area contributed by atoms with Gasteiger partial charge in [0.25, 0.3) is 0 Å². The normalized spacial score (nSPS) is 24.3. The van der Waals surface area contributed by atoms with E-state index in [9.17, 15) is 0 Å². The van der Waals surface area contributed by atoms with Crippen molar-refractivity contribution in [1.29, 1.82) is 0 Å². The van der Waals surface area contributed by atoms with E-state index in [0.717, 1.165) is 29.9 Å². The average molecular weight is 261 g/mol. The maximum atomic E-state index is 6.26. The molecule has 0 spiro atoms. The molecule has 1 heterocycles. The summed E-state index contributed by atoms with van der Waals surface area (Å²) < 4.78 is 0. The Balaban J connectivity index is 2.09. The lowest BCUT2D eigenvalue weighted by atomic mass is 9.86. The Morgan fingerprint density at radius 2 is 1.83 bits per heavy atom. The van der Waals surface area contributed by atoms with Gasteiger partial charge in [-0.1, -0.05) is 41.9 Å². The molecule has 0 radical (unpaired) electrons. The Kier molecular flexibility index (Phi) is 3.25. The Morgan fingerprint density at radius 1 is 1.06 bits per heavy atom. The number of halogens is 1. The molecule has 1 saturated heterocycles. The summed E-state index contributed by atoms with van der Waals surface area (Å²) in [7, 11) is 0. The summed E-state index contributed by atoms with van der Waals surface area (Å²) in [5, 5.41) is 6.62. The maximum absolute atomic E-state index is 6.26. The zero-order valence-corrected chi connectivity index (χ0v) is 11.0. The third-order valence-corrected chi connectivity index (χ3v) is 4.06. The molecule has 0 bridgehead atoms. The molecule has 2 atom stereocenters. The van der Waals surface area contributed by atoms with Crippen LogP contribution < -0.4 is 11.1 Å². The second-order valence-electron chi connectivity index (χ2n) is 5.03. The van der Waals surface area contributed by atoms with E-state index in [4.69, 9.17) is 17.3 Å². The molecule has 3 N–H and O–H groups in total. The fourth-order valence-corrected chi connectivity index (χ4v) is 3.08. The summed E-state index contributed by atoms with van der Waals surface area (Å²) in [5.41, 5.74) is 7.41. The summed E-state index contributed by atoms with van der Waals surface area (Å²) in [5.74, 6) is 0.482. The standard InChI is InChI=1S/C15H17ClN2/c16-15-6-5-12(10-7-11(17)9-18-8-10)13-3-1-2-4-14(13)15/h1-6,10-11,18H,7-9,17H2.